The third-order valence-corrected chi connectivity index (χ3v) is 3.67. The molecular weight excluding hydrogens is 249 g/mol. The highest BCUT2D eigenvalue weighted by Crippen LogP contribution is 2.18. The predicted molar refractivity (Wildman–Crippen MR) is 82.3 cm³/mol. The van der Waals surface area contributed by atoms with Gasteiger partial charge in [-0.1, -0.05) is 42.5 Å². The van der Waals surface area contributed by atoms with Crippen LogP contribution in [-0.4, -0.2) is 6.04 Å². The van der Waals surface area contributed by atoms with Crippen LogP contribution in [0.4, 0.5) is 4.39 Å². The summed E-state index contributed by atoms with van der Waals surface area (Å²) in [6.45, 7) is 6.37. The van der Waals surface area contributed by atoms with E-state index in [-0.39, 0.29) is 17.9 Å². The summed E-state index contributed by atoms with van der Waals surface area (Å²) >= 11 is 0. The molecule has 0 aromatic heterocycles. The molecule has 0 aliphatic carbocycles. The van der Waals surface area contributed by atoms with Crippen LogP contribution in [0, 0.1) is 12.7 Å². The molecule has 0 bridgehead atoms. The van der Waals surface area contributed by atoms with E-state index in [9.17, 15) is 4.39 Å². The Bertz CT molecular complexity index is 565. The van der Waals surface area contributed by atoms with Gasteiger partial charge in [0.25, 0.3) is 0 Å². The average Bonchev–Trinajstić information content (AvgIpc) is 2.41. The molecule has 106 valence electrons. The highest BCUT2D eigenvalue weighted by atomic mass is 19.1. The van der Waals surface area contributed by atoms with Crippen molar-refractivity contribution in [1.29, 1.82) is 0 Å². The molecule has 0 heterocycles. The molecule has 2 aromatic rings. The van der Waals surface area contributed by atoms with Crippen molar-refractivity contribution in [3.05, 3.63) is 71.0 Å². The fourth-order valence-corrected chi connectivity index (χ4v) is 2.64. The second-order valence-corrected chi connectivity index (χ2v) is 5.44. The maximum absolute atomic E-state index is 13.6. The first-order valence-corrected chi connectivity index (χ1v) is 7.13. The molecule has 2 aromatic carbocycles. The van der Waals surface area contributed by atoms with Crippen LogP contribution in [-0.2, 0) is 6.42 Å². The highest BCUT2D eigenvalue weighted by Gasteiger charge is 2.12. The van der Waals surface area contributed by atoms with Gasteiger partial charge in [0.15, 0.2) is 0 Å². The fourth-order valence-electron chi connectivity index (χ4n) is 2.64. The zero-order valence-corrected chi connectivity index (χ0v) is 12.4. The molecule has 2 heteroatoms. The molecular formula is C18H22FN. The Kier molecular flexibility index (Phi) is 4.91. The standard InChI is InChI=1S/C18H22FN/c1-13-8-4-6-10-17(13)15(3)20-14(2)12-16-9-5-7-11-18(16)19/h4-11,14-15,20H,12H2,1-3H3/t14?,15-/m1/s1. The summed E-state index contributed by atoms with van der Waals surface area (Å²) in [4.78, 5) is 0. The zero-order chi connectivity index (χ0) is 14.5. The molecule has 0 fully saturated rings. The summed E-state index contributed by atoms with van der Waals surface area (Å²) in [7, 11) is 0. The Morgan fingerprint density at radius 2 is 1.65 bits per heavy atom. The van der Waals surface area contributed by atoms with Gasteiger partial charge in [0.1, 0.15) is 5.82 Å². The van der Waals surface area contributed by atoms with Crippen LogP contribution in [0.2, 0.25) is 0 Å². The zero-order valence-electron chi connectivity index (χ0n) is 12.4. The van der Waals surface area contributed by atoms with Crippen LogP contribution in [0.5, 0.6) is 0 Å². The molecule has 0 saturated heterocycles. The number of nitrogens with one attached hydrogen (secondary N) is 1. The minimum atomic E-state index is -0.121. The lowest BCUT2D eigenvalue weighted by molar-refractivity contribution is 0.468. The molecule has 0 aliphatic heterocycles. The molecule has 2 rings (SSSR count). The van der Waals surface area contributed by atoms with E-state index in [1.54, 1.807) is 6.07 Å². The number of benzene rings is 2. The molecule has 0 saturated carbocycles. The second kappa shape index (κ2) is 6.67. The summed E-state index contributed by atoms with van der Waals surface area (Å²) in [5.41, 5.74) is 3.35. The van der Waals surface area contributed by atoms with Crippen LogP contribution >= 0.6 is 0 Å². The van der Waals surface area contributed by atoms with Gasteiger partial charge < -0.3 is 5.32 Å². The predicted octanol–water partition coefficient (Wildman–Crippen LogP) is 4.42. The van der Waals surface area contributed by atoms with Crippen LogP contribution in [0.15, 0.2) is 48.5 Å². The molecule has 0 amide bonds. The molecule has 1 nitrogen and oxygen atoms in total. The Morgan fingerprint density at radius 1 is 1.00 bits per heavy atom. The lowest BCUT2D eigenvalue weighted by Gasteiger charge is -2.22. The molecule has 0 aliphatic rings. The largest absolute Gasteiger partial charge is 0.307 e. The number of aryl methyl sites for hydroxylation is 1. The van der Waals surface area contributed by atoms with Crippen molar-refractivity contribution in [2.75, 3.05) is 0 Å². The monoisotopic (exact) mass is 271 g/mol. The third-order valence-electron chi connectivity index (χ3n) is 3.67. The van der Waals surface area contributed by atoms with Crippen LogP contribution in [0.3, 0.4) is 0 Å². The second-order valence-electron chi connectivity index (χ2n) is 5.44. The lowest BCUT2D eigenvalue weighted by Crippen LogP contribution is -2.31. The first kappa shape index (κ1) is 14.7. The van der Waals surface area contributed by atoms with Gasteiger partial charge in [-0.05, 0) is 49.9 Å². The van der Waals surface area contributed by atoms with Gasteiger partial charge in [-0.3, -0.25) is 0 Å². The van der Waals surface area contributed by atoms with Crippen LogP contribution in [0.1, 0.15) is 36.6 Å². The minimum Gasteiger partial charge on any atom is -0.307 e. The minimum absolute atomic E-state index is 0.121. The third kappa shape index (κ3) is 3.67. The Labute approximate surface area is 120 Å². The van der Waals surface area contributed by atoms with Crippen molar-refractivity contribution < 1.29 is 4.39 Å². The van der Waals surface area contributed by atoms with E-state index in [2.05, 4.69) is 44.3 Å². The van der Waals surface area contributed by atoms with E-state index < -0.39 is 0 Å². The van der Waals surface area contributed by atoms with Gasteiger partial charge in [-0.2, -0.15) is 0 Å². The lowest BCUT2D eigenvalue weighted by atomic mass is 10.0. The van der Waals surface area contributed by atoms with Gasteiger partial charge >= 0.3 is 0 Å². The number of hydrogen-bond acceptors (Lipinski definition) is 1. The van der Waals surface area contributed by atoms with E-state index in [1.165, 1.54) is 17.2 Å². The van der Waals surface area contributed by atoms with Crippen molar-refractivity contribution in [2.24, 2.45) is 0 Å². The van der Waals surface area contributed by atoms with Crippen molar-refractivity contribution >= 4 is 0 Å². The van der Waals surface area contributed by atoms with Crippen molar-refractivity contribution in [3.63, 3.8) is 0 Å². The maximum atomic E-state index is 13.6. The van der Waals surface area contributed by atoms with E-state index in [1.807, 2.05) is 18.2 Å². The van der Waals surface area contributed by atoms with E-state index in [0.29, 0.717) is 6.42 Å². The summed E-state index contributed by atoms with van der Waals surface area (Å²) in [5, 5.41) is 3.55. The normalized spacial score (nSPS) is 14.0. The molecule has 0 radical (unpaired) electrons. The summed E-state index contributed by atoms with van der Waals surface area (Å²) < 4.78 is 13.6. The van der Waals surface area contributed by atoms with Gasteiger partial charge in [0.05, 0.1) is 0 Å². The first-order chi connectivity index (χ1) is 9.58. The molecule has 20 heavy (non-hydrogen) atoms. The first-order valence-electron chi connectivity index (χ1n) is 7.13. The van der Waals surface area contributed by atoms with Crippen molar-refractivity contribution in [1.82, 2.24) is 5.32 Å². The Balaban J connectivity index is 2.00. The molecule has 2 atom stereocenters. The van der Waals surface area contributed by atoms with E-state index in [0.717, 1.165) is 5.56 Å². The summed E-state index contributed by atoms with van der Waals surface area (Å²) in [6.07, 6.45) is 0.697. The van der Waals surface area contributed by atoms with Gasteiger partial charge in [-0.15, -0.1) is 0 Å². The van der Waals surface area contributed by atoms with Crippen LogP contribution in [0.25, 0.3) is 0 Å². The molecule has 1 N–H and O–H groups in total. The van der Waals surface area contributed by atoms with Gasteiger partial charge in [0.2, 0.25) is 0 Å². The Hall–Kier alpha value is -1.67. The quantitative estimate of drug-likeness (QED) is 0.849. The van der Waals surface area contributed by atoms with Crippen molar-refractivity contribution in [2.45, 2.75) is 39.3 Å². The van der Waals surface area contributed by atoms with E-state index >= 15 is 0 Å². The fraction of sp³-hybridized carbons (Fsp3) is 0.333. The average molecular weight is 271 g/mol. The van der Waals surface area contributed by atoms with Gasteiger partial charge in [-0.25, -0.2) is 4.39 Å². The highest BCUT2D eigenvalue weighted by molar-refractivity contribution is 5.28. The Morgan fingerprint density at radius 3 is 2.35 bits per heavy atom. The molecule has 1 unspecified atom stereocenters. The molecule has 0 spiro atoms. The van der Waals surface area contributed by atoms with E-state index in [4.69, 9.17) is 0 Å². The number of rotatable bonds is 5. The maximum Gasteiger partial charge on any atom is 0.126 e. The van der Waals surface area contributed by atoms with Crippen molar-refractivity contribution in [3.8, 4) is 0 Å². The summed E-state index contributed by atoms with van der Waals surface area (Å²) in [6, 6.07) is 15.8. The smallest absolute Gasteiger partial charge is 0.126 e. The van der Waals surface area contributed by atoms with Crippen LogP contribution < -0.4 is 5.32 Å². The summed E-state index contributed by atoms with van der Waals surface area (Å²) in [5.74, 6) is -0.121. The SMILES string of the molecule is Cc1ccccc1[C@@H](C)NC(C)Cc1ccccc1F. The van der Waals surface area contributed by atoms with Gasteiger partial charge in [0, 0.05) is 12.1 Å². The number of halogens is 1. The topological polar surface area (TPSA) is 12.0 Å². The number of hydrogen-bond donors (Lipinski definition) is 1.